The van der Waals surface area contributed by atoms with Crippen molar-refractivity contribution in [2.45, 2.75) is 19.4 Å². The highest BCUT2D eigenvalue weighted by molar-refractivity contribution is 7.09. The van der Waals surface area contributed by atoms with Gasteiger partial charge >= 0.3 is 0 Å². The number of para-hydroxylation sites is 1. The molecule has 0 saturated carbocycles. The van der Waals surface area contributed by atoms with Crippen molar-refractivity contribution in [1.29, 1.82) is 0 Å². The molecule has 1 aliphatic heterocycles. The third-order valence-corrected chi connectivity index (χ3v) is 4.75. The van der Waals surface area contributed by atoms with Crippen molar-refractivity contribution in [3.05, 3.63) is 58.3 Å². The number of benzene rings is 1. The van der Waals surface area contributed by atoms with E-state index in [0.29, 0.717) is 18.1 Å². The summed E-state index contributed by atoms with van der Waals surface area (Å²) in [5, 5.41) is 5.54. The van der Waals surface area contributed by atoms with E-state index in [9.17, 15) is 4.79 Å². The average Bonchev–Trinajstić information content (AvgIpc) is 3.26. The van der Waals surface area contributed by atoms with Crippen LogP contribution in [0.5, 0.6) is 5.75 Å². The Kier molecular flexibility index (Phi) is 4.15. The van der Waals surface area contributed by atoms with Gasteiger partial charge in [-0.05, 0) is 24.6 Å². The molecule has 0 unspecified atom stereocenters. The fourth-order valence-corrected chi connectivity index (χ4v) is 3.42. The molecule has 1 aromatic carbocycles. The molecular weight excluding hydrogens is 336 g/mol. The summed E-state index contributed by atoms with van der Waals surface area (Å²) in [6, 6.07) is 7.75. The van der Waals surface area contributed by atoms with E-state index >= 15 is 0 Å². The van der Waals surface area contributed by atoms with E-state index in [0.717, 1.165) is 28.3 Å². The van der Waals surface area contributed by atoms with Crippen LogP contribution in [0.4, 0.5) is 0 Å². The van der Waals surface area contributed by atoms with Crippen LogP contribution in [-0.2, 0) is 6.42 Å². The first kappa shape index (κ1) is 15.7. The topological polar surface area (TPSA) is 77.0 Å². The Hall–Kier alpha value is -2.80. The van der Waals surface area contributed by atoms with Crippen molar-refractivity contribution < 1.29 is 9.53 Å². The number of aromatic nitrogens is 3. The highest BCUT2D eigenvalue weighted by Gasteiger charge is 2.27. The number of hydrogen-bond donors (Lipinski definition) is 1. The lowest BCUT2D eigenvalue weighted by molar-refractivity contribution is 0.0929. The third-order valence-electron chi connectivity index (χ3n) is 3.98. The van der Waals surface area contributed by atoms with Gasteiger partial charge in [-0.3, -0.25) is 4.79 Å². The lowest BCUT2D eigenvalue weighted by Crippen LogP contribution is -2.34. The molecule has 6 nitrogen and oxygen atoms in total. The summed E-state index contributed by atoms with van der Waals surface area (Å²) in [6.07, 6.45) is 4.06. The largest absolute Gasteiger partial charge is 0.487 e. The smallest absolute Gasteiger partial charge is 0.270 e. The van der Waals surface area contributed by atoms with E-state index < -0.39 is 0 Å². The van der Waals surface area contributed by atoms with Crippen LogP contribution in [0.2, 0.25) is 0 Å². The number of amides is 1. The van der Waals surface area contributed by atoms with Crippen LogP contribution >= 0.6 is 11.3 Å². The van der Waals surface area contributed by atoms with Gasteiger partial charge in [0.25, 0.3) is 5.91 Å². The second kappa shape index (κ2) is 6.60. The van der Waals surface area contributed by atoms with Gasteiger partial charge < -0.3 is 10.1 Å². The summed E-state index contributed by atoms with van der Waals surface area (Å²) >= 11 is 1.46. The van der Waals surface area contributed by atoms with Crippen molar-refractivity contribution >= 4 is 17.2 Å². The molecule has 2 aromatic heterocycles. The minimum Gasteiger partial charge on any atom is -0.487 e. The minimum atomic E-state index is -0.171. The standard InChI is InChI=1S/C18H16N4O2S/c1-11-22-15(10-25-11)18(23)21-9-13-8-12-4-2-5-14(16(12)24-13)17-19-6-3-7-20-17/h2-7,10,13H,8-9H2,1H3,(H,21,23)/t13-/m0/s1. The van der Waals surface area contributed by atoms with E-state index in [2.05, 4.69) is 20.3 Å². The van der Waals surface area contributed by atoms with Gasteiger partial charge in [0.05, 0.1) is 17.1 Å². The number of aryl methyl sites for hydroxylation is 1. The molecule has 1 aliphatic rings. The molecule has 25 heavy (non-hydrogen) atoms. The predicted octanol–water partition coefficient (Wildman–Crippen LogP) is 2.64. The average molecular weight is 352 g/mol. The number of carbonyl (C=O) groups is 1. The third kappa shape index (κ3) is 3.23. The van der Waals surface area contributed by atoms with Crippen LogP contribution < -0.4 is 10.1 Å². The van der Waals surface area contributed by atoms with E-state index in [1.165, 1.54) is 11.3 Å². The Morgan fingerprint density at radius 1 is 1.32 bits per heavy atom. The first-order valence-electron chi connectivity index (χ1n) is 7.97. The molecule has 0 saturated heterocycles. The summed E-state index contributed by atoms with van der Waals surface area (Å²) in [5.74, 6) is 1.27. The van der Waals surface area contributed by atoms with E-state index in [1.807, 2.05) is 25.1 Å². The number of ether oxygens (including phenoxy) is 1. The predicted molar refractivity (Wildman–Crippen MR) is 94.8 cm³/mol. The van der Waals surface area contributed by atoms with Gasteiger partial charge in [0.2, 0.25) is 0 Å². The maximum absolute atomic E-state index is 12.1. The highest BCUT2D eigenvalue weighted by Crippen LogP contribution is 2.37. The SMILES string of the molecule is Cc1nc(C(=O)NC[C@@H]2Cc3cccc(-c4ncccn4)c3O2)cs1. The molecule has 3 heterocycles. The number of carbonyl (C=O) groups excluding carboxylic acids is 1. The van der Waals surface area contributed by atoms with Crippen LogP contribution in [0.15, 0.2) is 42.0 Å². The van der Waals surface area contributed by atoms with E-state index in [-0.39, 0.29) is 12.0 Å². The number of hydrogen-bond acceptors (Lipinski definition) is 6. The molecule has 0 spiro atoms. The summed E-state index contributed by atoms with van der Waals surface area (Å²) in [4.78, 5) is 24.9. The maximum atomic E-state index is 12.1. The van der Waals surface area contributed by atoms with Crippen LogP contribution in [0.3, 0.4) is 0 Å². The van der Waals surface area contributed by atoms with E-state index in [1.54, 1.807) is 23.8 Å². The molecule has 0 bridgehead atoms. The van der Waals surface area contributed by atoms with Gasteiger partial charge in [0.1, 0.15) is 17.5 Å². The van der Waals surface area contributed by atoms with Gasteiger partial charge in [-0.1, -0.05) is 12.1 Å². The molecular formula is C18H16N4O2S. The Bertz CT molecular complexity index is 910. The second-order valence-corrected chi connectivity index (χ2v) is 6.83. The van der Waals surface area contributed by atoms with Crippen LogP contribution in [0, 0.1) is 6.92 Å². The number of nitrogens with one attached hydrogen (secondary N) is 1. The minimum absolute atomic E-state index is 0.108. The zero-order valence-corrected chi connectivity index (χ0v) is 14.4. The van der Waals surface area contributed by atoms with Gasteiger partial charge in [0.15, 0.2) is 5.82 Å². The van der Waals surface area contributed by atoms with Gasteiger partial charge in [-0.15, -0.1) is 11.3 Å². The summed E-state index contributed by atoms with van der Waals surface area (Å²) in [7, 11) is 0. The fraction of sp³-hybridized carbons (Fsp3) is 0.222. The number of fused-ring (bicyclic) bond motifs is 1. The summed E-state index contributed by atoms with van der Waals surface area (Å²) < 4.78 is 6.07. The monoisotopic (exact) mass is 352 g/mol. The summed E-state index contributed by atoms with van der Waals surface area (Å²) in [6.45, 7) is 2.31. The fourth-order valence-electron chi connectivity index (χ4n) is 2.83. The molecule has 126 valence electrons. The zero-order chi connectivity index (χ0) is 17.2. The highest BCUT2D eigenvalue weighted by atomic mass is 32.1. The van der Waals surface area contributed by atoms with Crippen molar-refractivity contribution in [1.82, 2.24) is 20.3 Å². The van der Waals surface area contributed by atoms with Crippen molar-refractivity contribution in [2.24, 2.45) is 0 Å². The summed E-state index contributed by atoms with van der Waals surface area (Å²) in [5.41, 5.74) is 2.44. The molecule has 1 amide bonds. The number of nitrogens with zero attached hydrogens (tertiary/aromatic N) is 3. The Labute approximate surface area is 148 Å². The maximum Gasteiger partial charge on any atom is 0.270 e. The zero-order valence-electron chi connectivity index (χ0n) is 13.6. The van der Waals surface area contributed by atoms with Crippen molar-refractivity contribution in [2.75, 3.05) is 6.54 Å². The molecule has 4 rings (SSSR count). The number of rotatable bonds is 4. The van der Waals surface area contributed by atoms with E-state index in [4.69, 9.17) is 4.74 Å². The van der Waals surface area contributed by atoms with Crippen molar-refractivity contribution in [3.63, 3.8) is 0 Å². The lowest BCUT2D eigenvalue weighted by atomic mass is 10.1. The Balaban J connectivity index is 1.46. The molecule has 1 atom stereocenters. The van der Waals surface area contributed by atoms with Gasteiger partial charge in [0, 0.05) is 24.2 Å². The van der Waals surface area contributed by atoms with Crippen LogP contribution in [-0.4, -0.2) is 33.5 Å². The second-order valence-electron chi connectivity index (χ2n) is 5.77. The molecule has 0 fully saturated rings. The quantitative estimate of drug-likeness (QED) is 0.781. The first-order chi connectivity index (χ1) is 12.2. The van der Waals surface area contributed by atoms with Crippen LogP contribution in [0.1, 0.15) is 21.1 Å². The molecule has 0 aliphatic carbocycles. The lowest BCUT2D eigenvalue weighted by Gasteiger charge is -2.12. The van der Waals surface area contributed by atoms with Gasteiger partial charge in [-0.25, -0.2) is 15.0 Å². The number of thiazole rings is 1. The van der Waals surface area contributed by atoms with Crippen LogP contribution in [0.25, 0.3) is 11.4 Å². The van der Waals surface area contributed by atoms with Crippen molar-refractivity contribution in [3.8, 4) is 17.1 Å². The molecule has 1 N–H and O–H groups in total. The van der Waals surface area contributed by atoms with Gasteiger partial charge in [-0.2, -0.15) is 0 Å². The molecule has 0 radical (unpaired) electrons. The molecule has 7 heteroatoms. The first-order valence-corrected chi connectivity index (χ1v) is 8.85. The Morgan fingerprint density at radius 2 is 2.16 bits per heavy atom. The Morgan fingerprint density at radius 3 is 2.92 bits per heavy atom. The molecule has 3 aromatic rings. The normalized spacial score (nSPS) is 15.5.